The zero-order valence-electron chi connectivity index (χ0n) is 16.7. The summed E-state index contributed by atoms with van der Waals surface area (Å²) in [5, 5.41) is 3.11. The van der Waals surface area contributed by atoms with Crippen molar-refractivity contribution in [1.29, 1.82) is 0 Å². The third-order valence-electron chi connectivity index (χ3n) is 5.23. The Bertz CT molecular complexity index is 917. The molecule has 0 bridgehead atoms. The molecule has 1 fully saturated rings. The van der Waals surface area contributed by atoms with Crippen molar-refractivity contribution in [2.24, 2.45) is 9.98 Å². The van der Waals surface area contributed by atoms with Crippen molar-refractivity contribution < 1.29 is 9.53 Å². The highest BCUT2D eigenvalue weighted by Gasteiger charge is 2.28. The predicted octanol–water partition coefficient (Wildman–Crippen LogP) is 3.44. The summed E-state index contributed by atoms with van der Waals surface area (Å²) in [6.07, 6.45) is 0.770. The Morgan fingerprint density at radius 1 is 1.03 bits per heavy atom. The zero-order chi connectivity index (χ0) is 20.1. The summed E-state index contributed by atoms with van der Waals surface area (Å²) in [6.45, 7) is 5.31. The van der Waals surface area contributed by atoms with Gasteiger partial charge in [0.25, 0.3) is 0 Å². The molecule has 29 heavy (non-hydrogen) atoms. The summed E-state index contributed by atoms with van der Waals surface area (Å²) in [5.74, 6) is 0.406. The van der Waals surface area contributed by atoms with Crippen LogP contribution in [0.3, 0.4) is 0 Å². The summed E-state index contributed by atoms with van der Waals surface area (Å²) in [7, 11) is 0. The summed E-state index contributed by atoms with van der Waals surface area (Å²) in [6, 6.07) is 17.9. The Morgan fingerprint density at radius 2 is 1.69 bits per heavy atom. The fraction of sp³-hybridized carbons (Fsp3) is 0.348. The number of carbonyl (C=O) groups is 1. The van der Waals surface area contributed by atoms with Crippen molar-refractivity contribution in [3.05, 3.63) is 60.2 Å². The van der Waals surface area contributed by atoms with E-state index in [0.29, 0.717) is 25.6 Å². The number of amidine groups is 1. The minimum Gasteiger partial charge on any atom is -0.379 e. The van der Waals surface area contributed by atoms with Crippen LogP contribution in [-0.4, -0.2) is 55.2 Å². The Balaban J connectivity index is 1.68. The van der Waals surface area contributed by atoms with Gasteiger partial charge in [-0.2, -0.15) is 0 Å². The lowest BCUT2D eigenvalue weighted by molar-refractivity contribution is -0.121. The van der Waals surface area contributed by atoms with Crippen molar-refractivity contribution in [3.63, 3.8) is 0 Å². The zero-order valence-corrected chi connectivity index (χ0v) is 16.7. The van der Waals surface area contributed by atoms with Crippen LogP contribution in [-0.2, 0) is 9.53 Å². The van der Waals surface area contributed by atoms with Crippen LogP contribution < -0.4 is 5.32 Å². The number of aliphatic imine (C=N–C) groups is 2. The van der Waals surface area contributed by atoms with E-state index in [1.54, 1.807) is 0 Å². The number of amides is 1. The Kier molecular flexibility index (Phi) is 6.12. The first-order valence-electron chi connectivity index (χ1n) is 10.1. The molecule has 2 heterocycles. The SMILES string of the molecule is CCC1=Nc2ccccc2N=C(NC(=O)CN2CCOCC2)[C@@H]1c1ccccc1. The number of nitrogens with one attached hydrogen (secondary N) is 1. The van der Waals surface area contributed by atoms with Gasteiger partial charge < -0.3 is 10.1 Å². The van der Waals surface area contributed by atoms with Crippen molar-refractivity contribution in [1.82, 2.24) is 10.2 Å². The largest absolute Gasteiger partial charge is 0.379 e. The van der Waals surface area contributed by atoms with Gasteiger partial charge in [0.15, 0.2) is 0 Å². The average molecular weight is 390 g/mol. The summed E-state index contributed by atoms with van der Waals surface area (Å²) in [4.78, 5) is 24.7. The predicted molar refractivity (Wildman–Crippen MR) is 116 cm³/mol. The molecular weight excluding hydrogens is 364 g/mol. The van der Waals surface area contributed by atoms with Crippen molar-refractivity contribution >= 4 is 28.8 Å². The van der Waals surface area contributed by atoms with Gasteiger partial charge in [-0.3, -0.25) is 14.7 Å². The maximum atomic E-state index is 12.9. The standard InChI is InChI=1S/C23H26N4O2/c1-2-18-22(17-8-4-3-5-9-17)23(25-20-11-7-6-10-19(20)24-18)26-21(28)16-27-12-14-29-15-13-27/h3-11,22H,2,12-16H2,1H3,(H,25,26,28)/t22-/m1/s1. The molecule has 1 saturated heterocycles. The summed E-state index contributed by atoms with van der Waals surface area (Å²) >= 11 is 0. The molecule has 2 aliphatic heterocycles. The summed E-state index contributed by atoms with van der Waals surface area (Å²) < 4.78 is 5.38. The maximum Gasteiger partial charge on any atom is 0.239 e. The topological polar surface area (TPSA) is 66.3 Å². The number of ether oxygens (including phenoxy) is 1. The van der Waals surface area contributed by atoms with E-state index in [0.717, 1.165) is 42.2 Å². The lowest BCUT2D eigenvalue weighted by Gasteiger charge is -2.26. The van der Waals surface area contributed by atoms with Gasteiger partial charge in [0, 0.05) is 18.8 Å². The van der Waals surface area contributed by atoms with Crippen LogP contribution in [0.25, 0.3) is 0 Å². The van der Waals surface area contributed by atoms with E-state index in [9.17, 15) is 4.79 Å². The van der Waals surface area contributed by atoms with Gasteiger partial charge in [-0.25, -0.2) is 4.99 Å². The molecule has 0 radical (unpaired) electrons. The molecule has 6 nitrogen and oxygen atoms in total. The molecule has 150 valence electrons. The van der Waals surface area contributed by atoms with E-state index in [1.165, 1.54) is 0 Å². The van der Waals surface area contributed by atoms with Gasteiger partial charge >= 0.3 is 0 Å². The fourth-order valence-electron chi connectivity index (χ4n) is 3.75. The smallest absolute Gasteiger partial charge is 0.239 e. The molecule has 2 aromatic rings. The molecule has 0 aromatic heterocycles. The number of morpholine rings is 1. The van der Waals surface area contributed by atoms with Gasteiger partial charge in [0.2, 0.25) is 5.91 Å². The second-order valence-corrected chi connectivity index (χ2v) is 7.22. The third-order valence-corrected chi connectivity index (χ3v) is 5.23. The molecule has 6 heteroatoms. The highest BCUT2D eigenvalue weighted by molar-refractivity contribution is 6.17. The number of benzene rings is 2. The van der Waals surface area contributed by atoms with E-state index in [1.807, 2.05) is 42.5 Å². The van der Waals surface area contributed by atoms with Crippen LogP contribution in [0.15, 0.2) is 64.6 Å². The van der Waals surface area contributed by atoms with Gasteiger partial charge in [-0.15, -0.1) is 0 Å². The van der Waals surface area contributed by atoms with E-state index in [4.69, 9.17) is 14.7 Å². The van der Waals surface area contributed by atoms with Crippen LogP contribution >= 0.6 is 0 Å². The number of fused-ring (bicyclic) bond motifs is 1. The normalized spacial score (nSPS) is 19.6. The Morgan fingerprint density at radius 3 is 2.38 bits per heavy atom. The molecule has 0 aliphatic carbocycles. The second kappa shape index (κ2) is 9.11. The fourth-order valence-corrected chi connectivity index (χ4v) is 3.75. The maximum absolute atomic E-state index is 12.9. The molecule has 1 amide bonds. The molecule has 2 aromatic carbocycles. The quantitative estimate of drug-likeness (QED) is 0.870. The van der Waals surface area contributed by atoms with E-state index < -0.39 is 0 Å². The minimum atomic E-state index is -0.178. The Labute approximate surface area is 171 Å². The number of nitrogens with zero attached hydrogens (tertiary/aromatic N) is 3. The van der Waals surface area contributed by atoms with Gasteiger partial charge in [-0.1, -0.05) is 49.4 Å². The van der Waals surface area contributed by atoms with Crippen LogP contribution in [0, 0.1) is 0 Å². The number of hydrogen-bond acceptors (Lipinski definition) is 5. The van der Waals surface area contributed by atoms with Crippen LogP contribution in [0.4, 0.5) is 11.4 Å². The molecule has 0 unspecified atom stereocenters. The van der Waals surface area contributed by atoms with Gasteiger partial charge in [-0.05, 0) is 24.1 Å². The average Bonchev–Trinajstić information content (AvgIpc) is 2.91. The number of rotatable bonds is 4. The van der Waals surface area contributed by atoms with Gasteiger partial charge in [0.05, 0.1) is 37.1 Å². The van der Waals surface area contributed by atoms with Crippen molar-refractivity contribution in [2.45, 2.75) is 19.3 Å². The molecule has 1 N–H and O–H groups in total. The highest BCUT2D eigenvalue weighted by atomic mass is 16.5. The molecule has 1 atom stereocenters. The van der Waals surface area contributed by atoms with Gasteiger partial charge in [0.1, 0.15) is 5.84 Å². The second-order valence-electron chi connectivity index (χ2n) is 7.22. The monoisotopic (exact) mass is 390 g/mol. The van der Waals surface area contributed by atoms with Crippen molar-refractivity contribution in [2.75, 3.05) is 32.8 Å². The number of para-hydroxylation sites is 2. The Hall–Kier alpha value is -2.83. The number of carbonyl (C=O) groups excluding carboxylic acids is 1. The van der Waals surface area contributed by atoms with E-state index in [-0.39, 0.29) is 11.8 Å². The van der Waals surface area contributed by atoms with Crippen molar-refractivity contribution in [3.8, 4) is 0 Å². The first-order valence-corrected chi connectivity index (χ1v) is 10.1. The molecule has 4 rings (SSSR count). The lowest BCUT2D eigenvalue weighted by atomic mass is 9.91. The molecule has 2 aliphatic rings. The van der Waals surface area contributed by atoms with E-state index in [2.05, 4.69) is 29.3 Å². The minimum absolute atomic E-state index is 0.0542. The lowest BCUT2D eigenvalue weighted by Crippen LogP contribution is -2.46. The van der Waals surface area contributed by atoms with E-state index >= 15 is 0 Å². The first kappa shape index (κ1) is 19.5. The first-order chi connectivity index (χ1) is 14.2. The van der Waals surface area contributed by atoms with Crippen LogP contribution in [0.2, 0.25) is 0 Å². The summed E-state index contributed by atoms with van der Waals surface area (Å²) in [5.41, 5.74) is 3.68. The van der Waals surface area contributed by atoms with Crippen LogP contribution in [0.5, 0.6) is 0 Å². The number of hydrogen-bond donors (Lipinski definition) is 1. The highest BCUT2D eigenvalue weighted by Crippen LogP contribution is 2.34. The molecular formula is C23H26N4O2. The molecule has 0 saturated carbocycles. The molecule has 0 spiro atoms. The third kappa shape index (κ3) is 4.60. The van der Waals surface area contributed by atoms with Crippen LogP contribution in [0.1, 0.15) is 24.8 Å².